The predicted octanol–water partition coefficient (Wildman–Crippen LogP) is 5.84. The zero-order chi connectivity index (χ0) is 19.6. The van der Waals surface area contributed by atoms with E-state index in [0.717, 1.165) is 28.1 Å². The first-order valence-corrected chi connectivity index (χ1v) is 8.92. The van der Waals surface area contributed by atoms with Crippen LogP contribution in [-0.2, 0) is 4.74 Å². The second-order valence-corrected chi connectivity index (χ2v) is 6.20. The molecule has 4 heteroatoms. The van der Waals surface area contributed by atoms with Crippen molar-refractivity contribution < 1.29 is 4.74 Å². The summed E-state index contributed by atoms with van der Waals surface area (Å²) in [4.78, 5) is 4.05. The minimum atomic E-state index is 0.519. The van der Waals surface area contributed by atoms with Crippen LogP contribution in [-0.4, -0.2) is 11.6 Å². The molecule has 0 fully saturated rings. The van der Waals surface area contributed by atoms with Crippen LogP contribution in [0.2, 0.25) is 0 Å². The van der Waals surface area contributed by atoms with Crippen molar-refractivity contribution in [2.24, 2.45) is 0 Å². The number of hydrogen-bond donors (Lipinski definition) is 1. The Kier molecular flexibility index (Phi) is 7.39. The lowest BCUT2D eigenvalue weighted by Crippen LogP contribution is -1.99. The summed E-state index contributed by atoms with van der Waals surface area (Å²) in [7, 11) is 0. The van der Waals surface area contributed by atoms with Gasteiger partial charge < -0.3 is 10.1 Å². The fourth-order valence-electron chi connectivity index (χ4n) is 2.47. The third-order valence-corrected chi connectivity index (χ3v) is 3.99. The molecule has 0 amide bonds. The van der Waals surface area contributed by atoms with Crippen LogP contribution in [0.4, 0.5) is 5.69 Å². The number of nitrogens with one attached hydrogen (secondary N) is 1. The zero-order valence-electron chi connectivity index (χ0n) is 16.3. The van der Waals surface area contributed by atoms with E-state index < -0.39 is 0 Å². The number of nitrogens with zero attached hydrogens (tertiary/aromatic N) is 2. The number of allylic oxidation sites excluding steroid dienone is 5. The molecule has 0 saturated carbocycles. The van der Waals surface area contributed by atoms with Crippen LogP contribution in [0, 0.1) is 11.3 Å². The molecular weight excluding hydrogens is 334 g/mol. The van der Waals surface area contributed by atoms with E-state index in [1.165, 1.54) is 0 Å². The molecule has 2 rings (SSSR count). The van der Waals surface area contributed by atoms with Crippen molar-refractivity contribution in [3.8, 4) is 17.2 Å². The van der Waals surface area contributed by atoms with Crippen LogP contribution in [0.1, 0.15) is 27.7 Å². The van der Waals surface area contributed by atoms with Crippen molar-refractivity contribution in [1.82, 2.24) is 4.98 Å². The number of pyridine rings is 1. The first-order valence-electron chi connectivity index (χ1n) is 8.92. The molecule has 0 atom stereocenters. The summed E-state index contributed by atoms with van der Waals surface area (Å²) in [6.45, 7) is 8.32. The molecule has 4 nitrogen and oxygen atoms in total. The van der Waals surface area contributed by atoms with Gasteiger partial charge in [0.25, 0.3) is 0 Å². The number of anilines is 1. The highest BCUT2D eigenvalue weighted by Gasteiger charge is 2.02. The maximum absolute atomic E-state index is 9.32. The Balaban J connectivity index is 2.18. The third-order valence-electron chi connectivity index (χ3n) is 3.99. The molecule has 1 heterocycles. The van der Waals surface area contributed by atoms with Gasteiger partial charge in [-0.1, -0.05) is 17.7 Å². The normalized spacial score (nSPS) is 11.5. The smallest absolute Gasteiger partial charge is 0.111 e. The fraction of sp³-hybridized carbons (Fsp3) is 0.217. The van der Waals surface area contributed by atoms with Crippen LogP contribution in [0.15, 0.2) is 83.5 Å². The molecule has 0 unspecified atom stereocenters. The number of hydrogen-bond acceptors (Lipinski definition) is 4. The van der Waals surface area contributed by atoms with Crippen molar-refractivity contribution in [3.05, 3.63) is 83.5 Å². The van der Waals surface area contributed by atoms with Gasteiger partial charge in [-0.25, -0.2) is 0 Å². The Labute approximate surface area is 161 Å². The fourth-order valence-corrected chi connectivity index (χ4v) is 2.47. The molecule has 0 spiro atoms. The van der Waals surface area contributed by atoms with Crippen LogP contribution < -0.4 is 5.32 Å². The molecule has 0 aliphatic rings. The van der Waals surface area contributed by atoms with Gasteiger partial charge in [-0.3, -0.25) is 4.98 Å². The van der Waals surface area contributed by atoms with E-state index in [2.05, 4.69) is 28.5 Å². The quantitative estimate of drug-likeness (QED) is 0.383. The number of benzene rings is 1. The van der Waals surface area contributed by atoms with E-state index in [-0.39, 0.29) is 0 Å². The molecule has 1 N–H and O–H groups in total. The van der Waals surface area contributed by atoms with Gasteiger partial charge in [-0.05, 0) is 75.2 Å². The summed E-state index contributed by atoms with van der Waals surface area (Å²) in [6.07, 6.45) is 7.27. The minimum absolute atomic E-state index is 0.519. The van der Waals surface area contributed by atoms with Gasteiger partial charge in [0, 0.05) is 23.8 Å². The lowest BCUT2D eigenvalue weighted by Gasteiger charge is -2.11. The molecule has 0 aliphatic carbocycles. The molecule has 27 heavy (non-hydrogen) atoms. The van der Waals surface area contributed by atoms with E-state index >= 15 is 0 Å². The monoisotopic (exact) mass is 359 g/mol. The highest BCUT2D eigenvalue weighted by molar-refractivity contribution is 5.66. The number of aromatic nitrogens is 1. The highest BCUT2D eigenvalue weighted by atomic mass is 16.5. The molecule has 1 aromatic carbocycles. The summed E-state index contributed by atoms with van der Waals surface area (Å²) < 4.78 is 5.43. The Bertz CT molecular complexity index is 881. The van der Waals surface area contributed by atoms with Crippen molar-refractivity contribution in [3.63, 3.8) is 0 Å². The average molecular weight is 359 g/mol. The standard InChI is InChI=1S/C23H25N3O/c1-5-27-18(4)21(16-24)8-11-23(17(2)3)26-22-9-6-19(7-10-22)20-12-14-25-15-13-20/h6-15,26H,5H2,1-4H3/b11-8-,21-18-. The molecular formula is C23H25N3O. The van der Waals surface area contributed by atoms with E-state index in [0.29, 0.717) is 17.9 Å². The van der Waals surface area contributed by atoms with E-state index in [1.54, 1.807) is 25.4 Å². The molecule has 138 valence electrons. The SMILES string of the molecule is CCO/C(C)=C(C#N)/C=C\C(Nc1ccc(-c2ccncc2)cc1)=C(C)C. The minimum Gasteiger partial charge on any atom is -0.497 e. The van der Waals surface area contributed by atoms with Gasteiger partial charge in [-0.2, -0.15) is 5.26 Å². The second kappa shape index (κ2) is 9.98. The Morgan fingerprint density at radius 1 is 1.04 bits per heavy atom. The van der Waals surface area contributed by atoms with Gasteiger partial charge in [0.1, 0.15) is 11.8 Å². The predicted molar refractivity (Wildman–Crippen MR) is 111 cm³/mol. The Morgan fingerprint density at radius 2 is 1.67 bits per heavy atom. The lowest BCUT2D eigenvalue weighted by molar-refractivity contribution is 0.230. The maximum atomic E-state index is 9.32. The summed E-state index contributed by atoms with van der Waals surface area (Å²) in [5.41, 5.74) is 5.84. The zero-order valence-corrected chi connectivity index (χ0v) is 16.3. The Hall–Kier alpha value is -3.32. The van der Waals surface area contributed by atoms with Crippen molar-refractivity contribution >= 4 is 5.69 Å². The van der Waals surface area contributed by atoms with E-state index in [4.69, 9.17) is 4.74 Å². The van der Waals surface area contributed by atoms with Gasteiger partial charge in [0.2, 0.25) is 0 Å². The third kappa shape index (κ3) is 5.86. The van der Waals surface area contributed by atoms with Crippen molar-refractivity contribution in [1.29, 1.82) is 5.26 Å². The second-order valence-electron chi connectivity index (χ2n) is 6.20. The van der Waals surface area contributed by atoms with Crippen molar-refractivity contribution in [2.45, 2.75) is 27.7 Å². The average Bonchev–Trinajstić information content (AvgIpc) is 2.68. The summed E-state index contributed by atoms with van der Waals surface area (Å²) in [5.74, 6) is 0.631. The summed E-state index contributed by atoms with van der Waals surface area (Å²) in [6, 6.07) is 14.4. The van der Waals surface area contributed by atoms with Gasteiger partial charge >= 0.3 is 0 Å². The summed E-state index contributed by atoms with van der Waals surface area (Å²) in [5, 5.41) is 12.7. The number of rotatable bonds is 7. The Morgan fingerprint density at radius 3 is 2.22 bits per heavy atom. The molecule has 0 bridgehead atoms. The molecule has 1 aromatic heterocycles. The van der Waals surface area contributed by atoms with E-state index in [9.17, 15) is 5.26 Å². The van der Waals surface area contributed by atoms with Crippen LogP contribution in [0.25, 0.3) is 11.1 Å². The maximum Gasteiger partial charge on any atom is 0.111 e. The first kappa shape index (κ1) is 20.0. The van der Waals surface area contributed by atoms with E-state index in [1.807, 2.05) is 51.1 Å². The first-order chi connectivity index (χ1) is 13.0. The molecule has 0 aliphatic heterocycles. The summed E-state index contributed by atoms with van der Waals surface area (Å²) >= 11 is 0. The molecule has 2 aromatic rings. The number of ether oxygens (including phenoxy) is 1. The highest BCUT2D eigenvalue weighted by Crippen LogP contribution is 2.22. The lowest BCUT2D eigenvalue weighted by atomic mass is 10.1. The van der Waals surface area contributed by atoms with Crippen LogP contribution in [0.5, 0.6) is 0 Å². The van der Waals surface area contributed by atoms with Gasteiger partial charge in [0.05, 0.1) is 12.2 Å². The molecule has 0 saturated heterocycles. The van der Waals surface area contributed by atoms with Gasteiger partial charge in [0.15, 0.2) is 0 Å². The van der Waals surface area contributed by atoms with Gasteiger partial charge in [-0.15, -0.1) is 0 Å². The topological polar surface area (TPSA) is 57.9 Å². The number of nitriles is 1. The van der Waals surface area contributed by atoms with Crippen LogP contribution >= 0.6 is 0 Å². The van der Waals surface area contributed by atoms with Crippen molar-refractivity contribution in [2.75, 3.05) is 11.9 Å². The molecule has 0 radical (unpaired) electrons. The van der Waals surface area contributed by atoms with Crippen LogP contribution in [0.3, 0.4) is 0 Å². The largest absolute Gasteiger partial charge is 0.497 e.